The van der Waals surface area contributed by atoms with Crippen LogP contribution >= 0.6 is 0 Å². The van der Waals surface area contributed by atoms with Gasteiger partial charge in [-0.05, 0) is 42.3 Å². The molecule has 2 aromatic carbocycles. The fourth-order valence-electron chi connectivity index (χ4n) is 2.86. The number of methoxy groups -OCH3 is 1. The van der Waals surface area contributed by atoms with E-state index in [1.54, 1.807) is 49.4 Å². The largest absolute Gasteiger partial charge is 0.493 e. The molecular formula is C21H17N3O5. The summed E-state index contributed by atoms with van der Waals surface area (Å²) in [6, 6.07) is 12.7. The molecule has 2 aromatic rings. The van der Waals surface area contributed by atoms with Crippen LogP contribution in [0.4, 0.5) is 10.5 Å². The number of barbiturate groups is 1. The van der Waals surface area contributed by atoms with Crippen molar-refractivity contribution in [1.29, 1.82) is 5.26 Å². The number of nitrogens with zero attached hydrogens (tertiary/aromatic N) is 2. The van der Waals surface area contributed by atoms with Crippen LogP contribution in [0.15, 0.2) is 48.0 Å². The highest BCUT2D eigenvalue weighted by Crippen LogP contribution is 2.30. The van der Waals surface area contributed by atoms with Crippen molar-refractivity contribution in [1.82, 2.24) is 5.32 Å². The predicted octanol–water partition coefficient (Wildman–Crippen LogP) is 2.57. The van der Waals surface area contributed by atoms with Gasteiger partial charge in [0, 0.05) is 0 Å². The van der Waals surface area contributed by atoms with Crippen molar-refractivity contribution < 1.29 is 23.9 Å². The Morgan fingerprint density at radius 1 is 1.14 bits per heavy atom. The van der Waals surface area contributed by atoms with Crippen LogP contribution in [0.2, 0.25) is 0 Å². The molecule has 146 valence electrons. The smallest absolute Gasteiger partial charge is 0.335 e. The van der Waals surface area contributed by atoms with E-state index in [1.807, 2.05) is 6.07 Å². The van der Waals surface area contributed by atoms with E-state index < -0.39 is 17.8 Å². The quantitative estimate of drug-likeness (QED) is 0.620. The first-order valence-electron chi connectivity index (χ1n) is 8.61. The molecule has 8 nitrogen and oxygen atoms in total. The van der Waals surface area contributed by atoms with E-state index in [4.69, 9.17) is 14.7 Å². The molecule has 3 rings (SSSR count). The summed E-state index contributed by atoms with van der Waals surface area (Å²) in [5, 5.41) is 10.8. The zero-order chi connectivity index (χ0) is 21.0. The van der Waals surface area contributed by atoms with Crippen LogP contribution < -0.4 is 19.7 Å². The highest BCUT2D eigenvalue weighted by molar-refractivity contribution is 6.39. The van der Waals surface area contributed by atoms with Gasteiger partial charge in [0.1, 0.15) is 11.6 Å². The van der Waals surface area contributed by atoms with Gasteiger partial charge in [0.05, 0.1) is 12.8 Å². The molecule has 0 atom stereocenters. The van der Waals surface area contributed by atoms with Crippen LogP contribution in [0.1, 0.15) is 11.1 Å². The number of urea groups is 1. The topological polar surface area (TPSA) is 109 Å². The third-order valence-corrected chi connectivity index (χ3v) is 4.25. The average molecular weight is 391 g/mol. The number of nitrogens with one attached hydrogen (secondary N) is 1. The van der Waals surface area contributed by atoms with E-state index >= 15 is 0 Å². The number of para-hydroxylation sites is 1. The van der Waals surface area contributed by atoms with Gasteiger partial charge in [-0.3, -0.25) is 14.9 Å². The second kappa shape index (κ2) is 8.27. The van der Waals surface area contributed by atoms with E-state index in [9.17, 15) is 14.4 Å². The standard InChI is InChI=1S/C21H17N3O5/c1-13-5-3-4-6-16(13)24-20(26)15(19(25)23-21(24)27)11-14-7-8-17(29-10-9-22)18(12-14)28-2/h3-8,11-12H,10H2,1-2H3,(H,23,25,27)/b15-11+. The normalized spacial score (nSPS) is 15.1. The number of aryl methyl sites for hydroxylation is 1. The van der Waals surface area contributed by atoms with Crippen LogP contribution in [0.25, 0.3) is 6.08 Å². The van der Waals surface area contributed by atoms with Gasteiger partial charge < -0.3 is 9.47 Å². The lowest BCUT2D eigenvalue weighted by Gasteiger charge is -2.27. The summed E-state index contributed by atoms with van der Waals surface area (Å²) in [6.45, 7) is 1.62. The minimum absolute atomic E-state index is 0.148. The Morgan fingerprint density at radius 2 is 1.90 bits per heavy atom. The lowest BCUT2D eigenvalue weighted by molar-refractivity contribution is -0.122. The molecule has 0 bridgehead atoms. The summed E-state index contributed by atoms with van der Waals surface area (Å²) in [5.41, 5.74) is 1.40. The summed E-state index contributed by atoms with van der Waals surface area (Å²) < 4.78 is 10.5. The molecule has 1 saturated heterocycles. The van der Waals surface area contributed by atoms with Crippen molar-refractivity contribution in [3.63, 3.8) is 0 Å². The summed E-state index contributed by atoms with van der Waals surface area (Å²) >= 11 is 0. The van der Waals surface area contributed by atoms with Gasteiger partial charge in [-0.15, -0.1) is 0 Å². The van der Waals surface area contributed by atoms with E-state index in [2.05, 4.69) is 5.32 Å². The summed E-state index contributed by atoms with van der Waals surface area (Å²) in [7, 11) is 1.43. The summed E-state index contributed by atoms with van der Waals surface area (Å²) in [4.78, 5) is 38.5. The van der Waals surface area contributed by atoms with Crippen molar-refractivity contribution in [3.05, 3.63) is 59.2 Å². The second-order valence-corrected chi connectivity index (χ2v) is 6.10. The molecule has 1 aliphatic rings. The summed E-state index contributed by atoms with van der Waals surface area (Å²) in [5.74, 6) is -0.817. The number of benzene rings is 2. The highest BCUT2D eigenvalue weighted by Gasteiger charge is 2.37. The summed E-state index contributed by atoms with van der Waals surface area (Å²) in [6.07, 6.45) is 1.37. The fourth-order valence-corrected chi connectivity index (χ4v) is 2.86. The van der Waals surface area contributed by atoms with E-state index in [-0.39, 0.29) is 12.2 Å². The predicted molar refractivity (Wildman–Crippen MR) is 104 cm³/mol. The van der Waals surface area contributed by atoms with Gasteiger partial charge in [-0.1, -0.05) is 24.3 Å². The molecular weight excluding hydrogens is 374 g/mol. The monoisotopic (exact) mass is 391 g/mol. The Kier molecular flexibility index (Phi) is 5.60. The Labute approximate surface area is 166 Å². The van der Waals surface area contributed by atoms with Crippen molar-refractivity contribution in [2.75, 3.05) is 18.6 Å². The number of nitriles is 1. The Morgan fingerprint density at radius 3 is 2.59 bits per heavy atom. The van der Waals surface area contributed by atoms with Crippen LogP contribution in [0.3, 0.4) is 0 Å². The number of rotatable bonds is 5. The molecule has 8 heteroatoms. The maximum Gasteiger partial charge on any atom is 0.335 e. The van der Waals surface area contributed by atoms with Gasteiger partial charge in [-0.2, -0.15) is 5.26 Å². The number of hydrogen-bond acceptors (Lipinski definition) is 6. The Bertz CT molecular complexity index is 1070. The minimum atomic E-state index is -0.802. The number of anilines is 1. The Hall–Kier alpha value is -4.12. The number of ether oxygens (including phenoxy) is 2. The van der Waals surface area contributed by atoms with Gasteiger partial charge in [0.2, 0.25) is 0 Å². The molecule has 0 spiro atoms. The fraction of sp³-hybridized carbons (Fsp3) is 0.143. The third kappa shape index (κ3) is 3.94. The zero-order valence-corrected chi connectivity index (χ0v) is 15.8. The van der Waals surface area contributed by atoms with Crippen molar-refractivity contribution in [3.8, 4) is 17.6 Å². The number of carbonyl (C=O) groups excluding carboxylic acids is 3. The Balaban J connectivity index is 1.99. The number of hydrogen-bond donors (Lipinski definition) is 1. The molecule has 4 amide bonds. The molecule has 0 aromatic heterocycles. The zero-order valence-electron chi connectivity index (χ0n) is 15.8. The first-order chi connectivity index (χ1) is 14.0. The molecule has 1 fully saturated rings. The van der Waals surface area contributed by atoms with Crippen molar-refractivity contribution in [2.24, 2.45) is 0 Å². The SMILES string of the molecule is COc1cc(/C=C2\C(=O)NC(=O)N(c3ccccc3C)C2=O)ccc1OCC#N. The second-order valence-electron chi connectivity index (χ2n) is 6.10. The highest BCUT2D eigenvalue weighted by atomic mass is 16.5. The molecule has 0 aliphatic carbocycles. The lowest BCUT2D eigenvalue weighted by atomic mass is 10.1. The average Bonchev–Trinajstić information content (AvgIpc) is 2.71. The molecule has 0 unspecified atom stereocenters. The first kappa shape index (κ1) is 19.6. The van der Waals surface area contributed by atoms with E-state index in [0.29, 0.717) is 28.3 Å². The van der Waals surface area contributed by atoms with Crippen molar-refractivity contribution in [2.45, 2.75) is 6.92 Å². The number of amides is 4. The van der Waals surface area contributed by atoms with Gasteiger partial charge in [0.15, 0.2) is 18.1 Å². The molecule has 1 heterocycles. The van der Waals surface area contributed by atoms with E-state index in [1.165, 1.54) is 13.2 Å². The van der Waals surface area contributed by atoms with Crippen molar-refractivity contribution >= 4 is 29.6 Å². The minimum Gasteiger partial charge on any atom is -0.493 e. The van der Waals surface area contributed by atoms with E-state index in [0.717, 1.165) is 4.90 Å². The van der Waals surface area contributed by atoms with Gasteiger partial charge in [0.25, 0.3) is 11.8 Å². The van der Waals surface area contributed by atoms with Crippen LogP contribution in [0, 0.1) is 18.3 Å². The van der Waals surface area contributed by atoms with Gasteiger partial charge in [-0.25, -0.2) is 9.69 Å². The molecule has 0 radical (unpaired) electrons. The molecule has 29 heavy (non-hydrogen) atoms. The van der Waals surface area contributed by atoms with Gasteiger partial charge >= 0.3 is 6.03 Å². The molecule has 1 aliphatic heterocycles. The molecule has 1 N–H and O–H groups in total. The van der Waals surface area contributed by atoms with Crippen LogP contribution in [0.5, 0.6) is 11.5 Å². The lowest BCUT2D eigenvalue weighted by Crippen LogP contribution is -2.54. The van der Waals surface area contributed by atoms with Crippen LogP contribution in [-0.2, 0) is 9.59 Å². The maximum atomic E-state index is 13.0. The maximum absolute atomic E-state index is 13.0. The third-order valence-electron chi connectivity index (χ3n) is 4.25. The van der Waals surface area contributed by atoms with Crippen LogP contribution in [-0.4, -0.2) is 31.6 Å². The number of imide groups is 2. The first-order valence-corrected chi connectivity index (χ1v) is 8.61. The molecule has 0 saturated carbocycles. The number of carbonyl (C=O) groups is 3.